The number of carboxylic acids is 2. The zero-order valence-corrected chi connectivity index (χ0v) is 23.5. The highest BCUT2D eigenvalue weighted by atomic mass is 32.2. The van der Waals surface area contributed by atoms with Crippen LogP contribution in [0.15, 0.2) is 51.6 Å². The predicted octanol–water partition coefficient (Wildman–Crippen LogP) is -0.0845. The molecule has 40 heavy (non-hydrogen) atoms. The van der Waals surface area contributed by atoms with E-state index in [0.717, 1.165) is 26.5 Å². The molecule has 2 aliphatic heterocycles. The molecule has 0 spiro atoms. The van der Waals surface area contributed by atoms with Crippen LogP contribution >= 0.6 is 34.4 Å². The Bertz CT molecular complexity index is 1610. The average molecular weight is 603 g/mol. The number of rotatable bonds is 9. The van der Waals surface area contributed by atoms with Gasteiger partial charge in [-0.15, -0.1) is 34.4 Å². The fourth-order valence-electron chi connectivity index (χ4n) is 4.14. The molecule has 0 saturated carbocycles. The van der Waals surface area contributed by atoms with Gasteiger partial charge in [-0.25, -0.2) is 9.78 Å². The van der Waals surface area contributed by atoms with E-state index in [9.17, 15) is 29.4 Å². The van der Waals surface area contributed by atoms with Crippen molar-refractivity contribution in [2.45, 2.75) is 37.4 Å². The van der Waals surface area contributed by atoms with Crippen LogP contribution in [0.25, 0.3) is 10.2 Å². The average Bonchev–Trinajstić information content (AvgIpc) is 3.56. The van der Waals surface area contributed by atoms with Crippen LogP contribution in [0.1, 0.15) is 19.5 Å². The van der Waals surface area contributed by atoms with Crippen molar-refractivity contribution in [3.8, 4) is 0 Å². The fraction of sp³-hybridized carbons (Fsp3) is 0.292. The number of hydrogen-bond donors (Lipinski definition) is 3. The molecule has 5 heterocycles. The number of amides is 2. The number of aliphatic carboxylic acids is 2. The Hall–Kier alpha value is -4.02. The van der Waals surface area contributed by atoms with Gasteiger partial charge in [-0.2, -0.15) is 4.57 Å². The van der Waals surface area contributed by atoms with Crippen molar-refractivity contribution in [1.82, 2.24) is 15.2 Å². The number of thiazole rings is 1. The minimum Gasteiger partial charge on any atom is -0.543 e. The van der Waals surface area contributed by atoms with Gasteiger partial charge in [-0.1, -0.05) is 5.16 Å². The Labute approximate surface area is 238 Å². The Morgan fingerprint density at radius 1 is 1.35 bits per heavy atom. The van der Waals surface area contributed by atoms with E-state index in [0.29, 0.717) is 5.57 Å². The van der Waals surface area contributed by atoms with E-state index in [1.165, 1.54) is 31.0 Å². The van der Waals surface area contributed by atoms with Gasteiger partial charge in [-0.3, -0.25) is 14.5 Å². The van der Waals surface area contributed by atoms with Gasteiger partial charge in [0.1, 0.15) is 17.1 Å². The SMILES string of the molecule is CC(C)(O/N=C(\C(=O)NC1C(=O)N2C(C(=O)[O-])=C(C[n+]3cccc4sccc43)CS[C@H]12)c1csc(N)n1)C(=O)O. The molecule has 4 N–H and O–H groups in total. The summed E-state index contributed by atoms with van der Waals surface area (Å²) >= 11 is 3.90. The number of thioether (sulfide) groups is 1. The zero-order chi connectivity index (χ0) is 28.8. The van der Waals surface area contributed by atoms with E-state index in [-0.39, 0.29) is 34.5 Å². The van der Waals surface area contributed by atoms with E-state index in [2.05, 4.69) is 15.5 Å². The number of nitrogens with zero attached hydrogens (tertiary/aromatic N) is 4. The van der Waals surface area contributed by atoms with Crippen LogP contribution in [0, 0.1) is 0 Å². The molecule has 0 aliphatic carbocycles. The van der Waals surface area contributed by atoms with E-state index in [4.69, 9.17) is 10.6 Å². The van der Waals surface area contributed by atoms with E-state index < -0.39 is 40.8 Å². The lowest BCUT2D eigenvalue weighted by atomic mass is 10.0. The zero-order valence-electron chi connectivity index (χ0n) is 21.0. The quantitative estimate of drug-likeness (QED) is 0.129. The van der Waals surface area contributed by atoms with Crippen LogP contribution in [-0.2, 0) is 30.6 Å². The molecule has 2 amide bonds. The Balaban J connectivity index is 1.38. The molecular weight excluding hydrogens is 581 g/mol. The molecule has 13 nitrogen and oxygen atoms in total. The number of β-lactam (4-membered cyclic amide) rings is 1. The molecular formula is C24H22N6O7S3. The minimum atomic E-state index is -1.76. The number of hydrogen-bond acceptors (Lipinski definition) is 12. The first-order valence-corrected chi connectivity index (χ1v) is 14.5. The van der Waals surface area contributed by atoms with Gasteiger partial charge in [0.25, 0.3) is 11.8 Å². The molecule has 5 rings (SSSR count). The molecule has 3 aromatic rings. The number of oxime groups is 1. The van der Waals surface area contributed by atoms with Crippen molar-refractivity contribution in [2.24, 2.45) is 5.16 Å². The Kier molecular flexibility index (Phi) is 7.24. The lowest BCUT2D eigenvalue weighted by Gasteiger charge is -2.50. The summed E-state index contributed by atoms with van der Waals surface area (Å²) in [6.45, 7) is 2.74. The number of carbonyl (C=O) groups is 4. The Morgan fingerprint density at radius 2 is 2.12 bits per heavy atom. The van der Waals surface area contributed by atoms with Crippen LogP contribution in [0.3, 0.4) is 0 Å². The second-order valence-electron chi connectivity index (χ2n) is 9.32. The number of carboxylic acid groups (broad SMARTS) is 2. The molecule has 0 aromatic carbocycles. The van der Waals surface area contributed by atoms with Gasteiger partial charge < -0.3 is 30.9 Å². The van der Waals surface area contributed by atoms with Crippen LogP contribution in [0.2, 0.25) is 0 Å². The maximum atomic E-state index is 13.2. The molecule has 208 valence electrons. The van der Waals surface area contributed by atoms with Crippen molar-refractivity contribution < 1.29 is 38.8 Å². The number of nitrogen functional groups attached to an aromatic ring is 1. The minimum absolute atomic E-state index is 0.0263. The van der Waals surface area contributed by atoms with Gasteiger partial charge in [0.05, 0.1) is 16.4 Å². The van der Waals surface area contributed by atoms with Crippen LogP contribution in [0.5, 0.6) is 0 Å². The number of pyridine rings is 1. The van der Waals surface area contributed by atoms with Crippen LogP contribution in [0.4, 0.5) is 5.13 Å². The summed E-state index contributed by atoms with van der Waals surface area (Å²) in [5, 5.41) is 30.6. The second-order valence-corrected chi connectivity index (χ2v) is 12.3. The smallest absolute Gasteiger partial charge is 0.350 e. The molecule has 1 unspecified atom stereocenters. The van der Waals surface area contributed by atoms with Gasteiger partial charge in [0, 0.05) is 28.8 Å². The largest absolute Gasteiger partial charge is 0.543 e. The van der Waals surface area contributed by atoms with E-state index in [1.807, 2.05) is 34.3 Å². The molecule has 3 aromatic heterocycles. The van der Waals surface area contributed by atoms with Crippen molar-refractivity contribution in [1.29, 1.82) is 0 Å². The highest BCUT2D eigenvalue weighted by Gasteiger charge is 2.53. The summed E-state index contributed by atoms with van der Waals surface area (Å²) in [5.41, 5.74) is 4.80. The van der Waals surface area contributed by atoms with Gasteiger partial charge in [-0.05, 0) is 25.3 Å². The van der Waals surface area contributed by atoms with E-state index >= 15 is 0 Å². The number of thiophene rings is 1. The topological polar surface area (TPSA) is 191 Å². The summed E-state index contributed by atoms with van der Waals surface area (Å²) in [7, 11) is 0. The van der Waals surface area contributed by atoms with Gasteiger partial charge in [0.15, 0.2) is 23.6 Å². The van der Waals surface area contributed by atoms with Crippen LogP contribution < -0.4 is 20.7 Å². The standard InChI is InChI=1S/C24H22N6O7S3/c1-24(2,22(35)36)37-28-15(12-10-40-23(25)26-12)18(31)27-16-19(32)30-17(21(33)34)11(9-39-20(16)30)8-29-6-3-4-14-13(29)5-7-38-14/h3-7,10,16,20H,8-9H2,1-2H3,(H4-,25,26,27,31,33,34,35,36)/b28-15-/t16?,20-/m1/s1. The molecule has 0 radical (unpaired) electrons. The second kappa shape index (κ2) is 10.5. The number of nitrogens with one attached hydrogen (secondary N) is 1. The number of aromatic nitrogens is 2. The summed E-state index contributed by atoms with van der Waals surface area (Å²) in [6, 6.07) is 4.70. The maximum Gasteiger partial charge on any atom is 0.350 e. The highest BCUT2D eigenvalue weighted by Crippen LogP contribution is 2.40. The Morgan fingerprint density at radius 3 is 2.80 bits per heavy atom. The number of fused-ring (bicyclic) bond motifs is 2. The fourth-order valence-corrected chi connectivity index (χ4v) is 6.83. The van der Waals surface area contributed by atoms with Gasteiger partial charge >= 0.3 is 5.97 Å². The number of nitrogens with two attached hydrogens (primary N) is 1. The first-order chi connectivity index (χ1) is 19.0. The molecule has 1 fully saturated rings. The third kappa shape index (κ3) is 5.00. The highest BCUT2D eigenvalue weighted by molar-refractivity contribution is 8.00. The predicted molar refractivity (Wildman–Crippen MR) is 145 cm³/mol. The lowest BCUT2D eigenvalue weighted by molar-refractivity contribution is -0.663. The van der Waals surface area contributed by atoms with E-state index in [1.54, 1.807) is 11.3 Å². The van der Waals surface area contributed by atoms with Crippen molar-refractivity contribution in [2.75, 3.05) is 11.5 Å². The molecule has 2 aliphatic rings. The molecule has 0 bridgehead atoms. The third-order valence-electron chi connectivity index (χ3n) is 6.24. The summed E-state index contributed by atoms with van der Waals surface area (Å²) in [6.07, 6.45) is 1.84. The third-order valence-corrected chi connectivity index (χ3v) is 9.13. The first kappa shape index (κ1) is 27.5. The van der Waals surface area contributed by atoms with Crippen molar-refractivity contribution >= 4 is 79.2 Å². The summed E-state index contributed by atoms with van der Waals surface area (Å²) < 4.78 is 2.95. The normalized spacial score (nSPS) is 19.3. The number of anilines is 1. The van der Waals surface area contributed by atoms with Crippen molar-refractivity contribution in [3.05, 3.63) is 52.1 Å². The molecule has 1 saturated heterocycles. The molecule has 2 atom stereocenters. The van der Waals surface area contributed by atoms with Gasteiger partial charge in [0.2, 0.25) is 11.1 Å². The monoisotopic (exact) mass is 602 g/mol. The number of carbonyl (C=O) groups excluding carboxylic acids is 3. The summed E-state index contributed by atoms with van der Waals surface area (Å²) in [4.78, 5) is 60.2. The molecule has 16 heteroatoms. The van der Waals surface area contributed by atoms with Crippen molar-refractivity contribution in [3.63, 3.8) is 0 Å². The maximum absolute atomic E-state index is 13.2. The summed E-state index contributed by atoms with van der Waals surface area (Å²) in [5.74, 6) is -4.01. The van der Waals surface area contributed by atoms with Crippen LogP contribution in [-0.4, -0.2) is 67.2 Å². The lowest BCUT2D eigenvalue weighted by Crippen LogP contribution is -2.71. The first-order valence-electron chi connectivity index (χ1n) is 11.7.